The second-order valence-electron chi connectivity index (χ2n) is 7.75. The number of carbonyl (C=O) groups is 2. The Hall–Kier alpha value is -3.06. The van der Waals surface area contributed by atoms with Crippen molar-refractivity contribution in [2.75, 3.05) is 52.3 Å². The molecule has 0 saturated carbocycles. The molecule has 31 heavy (non-hydrogen) atoms. The number of likely N-dealkylation sites (tertiary alicyclic amines) is 1. The Kier molecular flexibility index (Phi) is 8.29. The van der Waals surface area contributed by atoms with Gasteiger partial charge in [-0.1, -0.05) is 30.3 Å². The molecule has 0 spiro atoms. The summed E-state index contributed by atoms with van der Waals surface area (Å²) in [5, 5.41) is 2.93. The lowest BCUT2D eigenvalue weighted by Gasteiger charge is -2.34. The molecule has 1 saturated heterocycles. The van der Waals surface area contributed by atoms with Crippen molar-refractivity contribution >= 4 is 17.6 Å². The quantitative estimate of drug-likeness (QED) is 0.655. The summed E-state index contributed by atoms with van der Waals surface area (Å²) in [6.45, 7) is 2.88. The number of rotatable bonds is 8. The van der Waals surface area contributed by atoms with E-state index in [-0.39, 0.29) is 11.9 Å². The van der Waals surface area contributed by atoms with Crippen LogP contribution in [-0.2, 0) is 4.74 Å². The third-order valence-electron chi connectivity index (χ3n) is 5.47. The topological polar surface area (TPSA) is 71.1 Å². The molecule has 1 heterocycles. The van der Waals surface area contributed by atoms with Gasteiger partial charge in [-0.25, -0.2) is 4.79 Å². The standard InChI is InChI=1S/C24H31N3O4/c1-26(23(28)21-10-6-7-11-22(21)31-17-16-30-2)18-19-12-14-27(15-13-19)24(29)25-20-8-4-3-5-9-20/h3-11,19H,12-18H2,1-2H3,(H,25,29). The summed E-state index contributed by atoms with van der Waals surface area (Å²) < 4.78 is 10.7. The largest absolute Gasteiger partial charge is 0.490 e. The van der Waals surface area contributed by atoms with Crippen LogP contribution < -0.4 is 10.1 Å². The zero-order valence-corrected chi connectivity index (χ0v) is 18.3. The third-order valence-corrected chi connectivity index (χ3v) is 5.47. The van der Waals surface area contributed by atoms with Gasteiger partial charge >= 0.3 is 6.03 Å². The van der Waals surface area contributed by atoms with Gasteiger partial charge in [-0.3, -0.25) is 4.79 Å². The van der Waals surface area contributed by atoms with Crippen molar-refractivity contribution in [2.24, 2.45) is 5.92 Å². The number of piperidine rings is 1. The second-order valence-corrected chi connectivity index (χ2v) is 7.75. The molecule has 7 nitrogen and oxygen atoms in total. The first-order valence-corrected chi connectivity index (χ1v) is 10.7. The molecule has 0 bridgehead atoms. The normalized spacial score (nSPS) is 14.2. The number of anilines is 1. The number of methoxy groups -OCH3 is 1. The van der Waals surface area contributed by atoms with E-state index in [2.05, 4.69) is 5.32 Å². The number of para-hydroxylation sites is 2. The van der Waals surface area contributed by atoms with E-state index in [4.69, 9.17) is 9.47 Å². The summed E-state index contributed by atoms with van der Waals surface area (Å²) in [5.74, 6) is 0.873. The first-order valence-electron chi connectivity index (χ1n) is 10.7. The third kappa shape index (κ3) is 6.46. The van der Waals surface area contributed by atoms with Crippen LogP contribution in [0.1, 0.15) is 23.2 Å². The molecule has 2 aromatic rings. The average Bonchev–Trinajstić information content (AvgIpc) is 2.80. The number of nitrogens with zero attached hydrogens (tertiary/aromatic N) is 2. The summed E-state index contributed by atoms with van der Waals surface area (Å²) in [5.41, 5.74) is 1.35. The minimum absolute atomic E-state index is 0.0581. The highest BCUT2D eigenvalue weighted by Gasteiger charge is 2.26. The maximum Gasteiger partial charge on any atom is 0.321 e. The molecule has 1 aliphatic heterocycles. The zero-order valence-electron chi connectivity index (χ0n) is 18.3. The second kappa shape index (κ2) is 11.4. The fourth-order valence-electron chi connectivity index (χ4n) is 3.72. The van der Waals surface area contributed by atoms with Gasteiger partial charge in [0.05, 0.1) is 12.2 Å². The van der Waals surface area contributed by atoms with Crippen LogP contribution in [0.3, 0.4) is 0 Å². The molecule has 0 aromatic heterocycles. The Morgan fingerprint density at radius 1 is 1.03 bits per heavy atom. The predicted octanol–water partition coefficient (Wildman–Crippen LogP) is 3.73. The van der Waals surface area contributed by atoms with E-state index in [1.807, 2.05) is 54.4 Å². The lowest BCUT2D eigenvalue weighted by atomic mass is 9.96. The zero-order chi connectivity index (χ0) is 22.1. The number of nitrogens with one attached hydrogen (secondary N) is 1. The fraction of sp³-hybridized carbons (Fsp3) is 0.417. The van der Waals surface area contributed by atoms with Crippen LogP contribution in [0.15, 0.2) is 54.6 Å². The summed E-state index contributed by atoms with van der Waals surface area (Å²) in [6, 6.07) is 16.7. The molecule has 0 radical (unpaired) electrons. The lowest BCUT2D eigenvalue weighted by Crippen LogP contribution is -2.43. The molecular formula is C24H31N3O4. The van der Waals surface area contributed by atoms with Crippen LogP contribution in [0, 0.1) is 5.92 Å². The highest BCUT2D eigenvalue weighted by molar-refractivity contribution is 5.96. The first-order chi connectivity index (χ1) is 15.1. The Morgan fingerprint density at radius 3 is 2.42 bits per heavy atom. The van der Waals surface area contributed by atoms with Crippen molar-refractivity contribution in [3.05, 3.63) is 60.2 Å². The fourth-order valence-corrected chi connectivity index (χ4v) is 3.72. The van der Waals surface area contributed by atoms with Crippen molar-refractivity contribution in [2.45, 2.75) is 12.8 Å². The summed E-state index contributed by atoms with van der Waals surface area (Å²) in [7, 11) is 3.44. The van der Waals surface area contributed by atoms with E-state index in [1.165, 1.54) is 0 Å². The SMILES string of the molecule is COCCOc1ccccc1C(=O)N(C)CC1CCN(C(=O)Nc2ccccc2)CC1. The van der Waals surface area contributed by atoms with Crippen molar-refractivity contribution in [1.29, 1.82) is 0 Å². The minimum atomic E-state index is -0.0729. The minimum Gasteiger partial charge on any atom is -0.490 e. The molecule has 1 aliphatic rings. The Morgan fingerprint density at radius 2 is 1.71 bits per heavy atom. The molecule has 1 N–H and O–H groups in total. The van der Waals surface area contributed by atoms with Crippen LogP contribution in [0.4, 0.5) is 10.5 Å². The Bertz CT molecular complexity index is 851. The van der Waals surface area contributed by atoms with Crippen molar-refractivity contribution < 1.29 is 19.1 Å². The molecule has 0 unspecified atom stereocenters. The smallest absolute Gasteiger partial charge is 0.321 e. The molecule has 0 atom stereocenters. The van der Waals surface area contributed by atoms with E-state index < -0.39 is 0 Å². The Balaban J connectivity index is 1.49. The molecule has 7 heteroatoms. The van der Waals surface area contributed by atoms with Gasteiger partial charge in [0, 0.05) is 39.5 Å². The Labute approximate surface area is 183 Å². The molecule has 2 aromatic carbocycles. The average molecular weight is 426 g/mol. The van der Waals surface area contributed by atoms with Gasteiger partial charge in [0.1, 0.15) is 12.4 Å². The highest BCUT2D eigenvalue weighted by atomic mass is 16.5. The van der Waals surface area contributed by atoms with E-state index >= 15 is 0 Å². The van der Waals surface area contributed by atoms with E-state index in [0.29, 0.717) is 50.1 Å². The molecule has 3 rings (SSSR count). The maximum atomic E-state index is 13.0. The number of amides is 3. The summed E-state index contributed by atoms with van der Waals surface area (Å²) in [6.07, 6.45) is 1.73. The summed E-state index contributed by atoms with van der Waals surface area (Å²) >= 11 is 0. The molecule has 166 valence electrons. The number of urea groups is 1. The van der Waals surface area contributed by atoms with Gasteiger partial charge in [-0.2, -0.15) is 0 Å². The number of ether oxygens (including phenoxy) is 2. The number of benzene rings is 2. The van der Waals surface area contributed by atoms with E-state index in [0.717, 1.165) is 18.5 Å². The van der Waals surface area contributed by atoms with Gasteiger partial charge in [0.15, 0.2) is 0 Å². The molecular weight excluding hydrogens is 394 g/mol. The van der Waals surface area contributed by atoms with Crippen LogP contribution >= 0.6 is 0 Å². The number of carbonyl (C=O) groups excluding carboxylic acids is 2. The van der Waals surface area contributed by atoms with Crippen molar-refractivity contribution in [1.82, 2.24) is 9.80 Å². The molecule has 1 fully saturated rings. The number of hydrogen-bond acceptors (Lipinski definition) is 4. The van der Waals surface area contributed by atoms with Gasteiger partial charge < -0.3 is 24.6 Å². The number of hydrogen-bond donors (Lipinski definition) is 1. The predicted molar refractivity (Wildman–Crippen MR) is 121 cm³/mol. The van der Waals surface area contributed by atoms with Gasteiger partial charge in [0.2, 0.25) is 0 Å². The molecule has 0 aliphatic carbocycles. The van der Waals surface area contributed by atoms with Crippen LogP contribution in [-0.4, -0.2) is 68.7 Å². The van der Waals surface area contributed by atoms with Gasteiger partial charge in [0.25, 0.3) is 5.91 Å². The van der Waals surface area contributed by atoms with Gasteiger partial charge in [-0.05, 0) is 43.0 Å². The van der Waals surface area contributed by atoms with E-state index in [9.17, 15) is 9.59 Å². The maximum absolute atomic E-state index is 13.0. The highest BCUT2D eigenvalue weighted by Crippen LogP contribution is 2.23. The summed E-state index contributed by atoms with van der Waals surface area (Å²) in [4.78, 5) is 29.0. The lowest BCUT2D eigenvalue weighted by molar-refractivity contribution is 0.0741. The monoisotopic (exact) mass is 425 g/mol. The van der Waals surface area contributed by atoms with Gasteiger partial charge in [-0.15, -0.1) is 0 Å². The van der Waals surface area contributed by atoms with E-state index in [1.54, 1.807) is 24.1 Å². The van der Waals surface area contributed by atoms with Crippen LogP contribution in [0.25, 0.3) is 0 Å². The van der Waals surface area contributed by atoms with Crippen molar-refractivity contribution in [3.63, 3.8) is 0 Å². The molecule has 3 amide bonds. The van der Waals surface area contributed by atoms with Crippen LogP contribution in [0.5, 0.6) is 5.75 Å². The first kappa shape index (κ1) is 22.6. The van der Waals surface area contributed by atoms with Crippen LogP contribution in [0.2, 0.25) is 0 Å². The van der Waals surface area contributed by atoms with Crippen molar-refractivity contribution in [3.8, 4) is 5.75 Å².